The molecule has 0 bridgehead atoms. The van der Waals surface area contributed by atoms with Gasteiger partial charge >= 0.3 is 0 Å². The quantitative estimate of drug-likeness (QED) is 0.909. The molecule has 2 aromatic rings. The van der Waals surface area contributed by atoms with Crippen LogP contribution < -0.4 is 10.0 Å². The van der Waals surface area contributed by atoms with Gasteiger partial charge in [-0.05, 0) is 36.4 Å². The van der Waals surface area contributed by atoms with Crippen molar-refractivity contribution in [1.82, 2.24) is 4.90 Å². The van der Waals surface area contributed by atoms with Crippen LogP contribution in [-0.4, -0.2) is 45.4 Å². The Morgan fingerprint density at radius 2 is 1.46 bits per heavy atom. The fourth-order valence-corrected chi connectivity index (χ4v) is 3.29. The van der Waals surface area contributed by atoms with Crippen molar-refractivity contribution >= 4 is 21.6 Å². The van der Waals surface area contributed by atoms with Crippen LogP contribution in [-0.2, 0) is 10.0 Å². The fraction of sp³-hybridized carbons (Fsp3) is 0.235. The first kappa shape index (κ1) is 16.5. The van der Waals surface area contributed by atoms with Crippen LogP contribution in [0.2, 0.25) is 0 Å². The predicted molar refractivity (Wildman–Crippen MR) is 92.4 cm³/mol. The second-order valence-corrected chi connectivity index (χ2v) is 7.25. The predicted octanol–water partition coefficient (Wildman–Crippen LogP) is 1.30. The molecule has 7 heteroatoms. The van der Waals surface area contributed by atoms with E-state index in [0.29, 0.717) is 18.7 Å². The minimum Gasteiger partial charge on any atom is -0.368 e. The average Bonchev–Trinajstić information content (AvgIpc) is 2.61. The van der Waals surface area contributed by atoms with Crippen molar-refractivity contribution in [2.75, 3.05) is 31.1 Å². The lowest BCUT2D eigenvalue weighted by Gasteiger charge is -2.36. The summed E-state index contributed by atoms with van der Waals surface area (Å²) < 4.78 is 22.5. The van der Waals surface area contributed by atoms with E-state index in [1.807, 2.05) is 18.2 Å². The summed E-state index contributed by atoms with van der Waals surface area (Å²) in [6.45, 7) is 2.80. The second-order valence-electron chi connectivity index (χ2n) is 5.68. The van der Waals surface area contributed by atoms with Gasteiger partial charge in [0.15, 0.2) is 0 Å². The number of benzene rings is 2. The number of hydrogen-bond donors (Lipinski definition) is 1. The van der Waals surface area contributed by atoms with Crippen molar-refractivity contribution in [1.29, 1.82) is 0 Å². The third-order valence-corrected chi connectivity index (χ3v) is 5.05. The van der Waals surface area contributed by atoms with E-state index in [-0.39, 0.29) is 10.8 Å². The number of nitrogens with two attached hydrogens (primary N) is 1. The van der Waals surface area contributed by atoms with Gasteiger partial charge in [-0.25, -0.2) is 13.6 Å². The molecule has 0 spiro atoms. The molecule has 126 valence electrons. The molecule has 1 aliphatic heterocycles. The molecule has 1 fully saturated rings. The first-order chi connectivity index (χ1) is 11.4. The summed E-state index contributed by atoms with van der Waals surface area (Å²) in [5.41, 5.74) is 1.62. The molecule has 1 saturated heterocycles. The number of hydrogen-bond acceptors (Lipinski definition) is 4. The molecule has 2 N–H and O–H groups in total. The van der Waals surface area contributed by atoms with Crippen LogP contribution in [0.4, 0.5) is 5.69 Å². The highest BCUT2D eigenvalue weighted by molar-refractivity contribution is 7.89. The largest absolute Gasteiger partial charge is 0.368 e. The van der Waals surface area contributed by atoms with E-state index >= 15 is 0 Å². The van der Waals surface area contributed by atoms with Gasteiger partial charge in [0.25, 0.3) is 5.91 Å². The summed E-state index contributed by atoms with van der Waals surface area (Å²) in [7, 11) is -3.74. The number of carbonyl (C=O) groups excluding carboxylic acids is 1. The van der Waals surface area contributed by atoms with Gasteiger partial charge in [0.1, 0.15) is 0 Å². The van der Waals surface area contributed by atoms with E-state index in [0.717, 1.165) is 18.8 Å². The number of primary sulfonamides is 1. The first-order valence-electron chi connectivity index (χ1n) is 7.67. The van der Waals surface area contributed by atoms with Crippen LogP contribution in [0.1, 0.15) is 10.4 Å². The number of piperazine rings is 1. The topological polar surface area (TPSA) is 83.7 Å². The van der Waals surface area contributed by atoms with E-state index in [2.05, 4.69) is 17.0 Å². The normalized spacial score (nSPS) is 15.4. The van der Waals surface area contributed by atoms with Crippen LogP contribution in [0, 0.1) is 0 Å². The molecule has 3 rings (SSSR count). The van der Waals surface area contributed by atoms with E-state index < -0.39 is 10.0 Å². The molecule has 1 aliphatic rings. The Labute approximate surface area is 141 Å². The Kier molecular flexibility index (Phi) is 4.55. The standard InChI is InChI=1S/C17H19N3O3S/c18-24(22,23)16-8-6-14(7-9-16)17(21)20-12-10-19(11-13-20)15-4-2-1-3-5-15/h1-9H,10-13H2,(H2,18,22,23). The van der Waals surface area contributed by atoms with Gasteiger partial charge in [-0.3, -0.25) is 4.79 Å². The van der Waals surface area contributed by atoms with Crippen molar-refractivity contribution in [3.05, 3.63) is 60.2 Å². The minimum absolute atomic E-state index is 0.00736. The smallest absolute Gasteiger partial charge is 0.253 e. The van der Waals surface area contributed by atoms with Gasteiger partial charge in [0.05, 0.1) is 4.90 Å². The monoisotopic (exact) mass is 345 g/mol. The maximum Gasteiger partial charge on any atom is 0.253 e. The van der Waals surface area contributed by atoms with Crippen molar-refractivity contribution in [2.45, 2.75) is 4.90 Å². The molecule has 6 nitrogen and oxygen atoms in total. The summed E-state index contributed by atoms with van der Waals surface area (Å²) in [6, 6.07) is 15.8. The highest BCUT2D eigenvalue weighted by Gasteiger charge is 2.22. The zero-order chi connectivity index (χ0) is 17.2. The molecule has 0 radical (unpaired) electrons. The van der Waals surface area contributed by atoms with Crippen molar-refractivity contribution in [3.63, 3.8) is 0 Å². The minimum atomic E-state index is -3.74. The SMILES string of the molecule is NS(=O)(=O)c1ccc(C(=O)N2CCN(c3ccccc3)CC2)cc1. The van der Waals surface area contributed by atoms with Gasteiger partial charge in [0.2, 0.25) is 10.0 Å². The Balaban J connectivity index is 1.65. The number of nitrogens with zero attached hydrogens (tertiary/aromatic N) is 2. The van der Waals surface area contributed by atoms with Gasteiger partial charge in [-0.1, -0.05) is 18.2 Å². The zero-order valence-corrected chi connectivity index (χ0v) is 13.9. The second kappa shape index (κ2) is 6.62. The molecule has 2 aromatic carbocycles. The van der Waals surface area contributed by atoms with Crippen molar-refractivity contribution in [2.24, 2.45) is 5.14 Å². The van der Waals surface area contributed by atoms with Gasteiger partial charge in [0, 0.05) is 37.4 Å². The Hall–Kier alpha value is -2.38. The molecule has 0 aliphatic carbocycles. The van der Waals surface area contributed by atoms with E-state index in [1.165, 1.54) is 24.3 Å². The molecule has 0 aromatic heterocycles. The summed E-state index contributed by atoms with van der Waals surface area (Å²) in [6.07, 6.45) is 0. The van der Waals surface area contributed by atoms with Crippen LogP contribution in [0.25, 0.3) is 0 Å². The maximum atomic E-state index is 12.5. The first-order valence-corrected chi connectivity index (χ1v) is 9.22. The highest BCUT2D eigenvalue weighted by Crippen LogP contribution is 2.17. The maximum absolute atomic E-state index is 12.5. The molecule has 24 heavy (non-hydrogen) atoms. The van der Waals surface area contributed by atoms with E-state index in [4.69, 9.17) is 5.14 Å². The van der Waals surface area contributed by atoms with Crippen LogP contribution >= 0.6 is 0 Å². The molecular weight excluding hydrogens is 326 g/mol. The van der Waals surface area contributed by atoms with E-state index in [9.17, 15) is 13.2 Å². The molecule has 0 unspecified atom stereocenters. The Bertz CT molecular complexity index is 812. The molecule has 0 saturated carbocycles. The summed E-state index contributed by atoms with van der Waals surface area (Å²) in [5, 5.41) is 5.07. The lowest BCUT2D eigenvalue weighted by molar-refractivity contribution is 0.0746. The molecule has 1 heterocycles. The van der Waals surface area contributed by atoms with Gasteiger partial charge in [-0.15, -0.1) is 0 Å². The average molecular weight is 345 g/mol. The van der Waals surface area contributed by atoms with Crippen molar-refractivity contribution < 1.29 is 13.2 Å². The van der Waals surface area contributed by atoms with Crippen LogP contribution in [0.5, 0.6) is 0 Å². The van der Waals surface area contributed by atoms with E-state index in [1.54, 1.807) is 4.90 Å². The zero-order valence-electron chi connectivity index (χ0n) is 13.1. The molecule has 0 atom stereocenters. The summed E-state index contributed by atoms with van der Waals surface area (Å²) in [4.78, 5) is 16.6. The lowest BCUT2D eigenvalue weighted by Crippen LogP contribution is -2.48. The number of amides is 1. The van der Waals surface area contributed by atoms with Crippen LogP contribution in [0.15, 0.2) is 59.5 Å². The number of para-hydroxylation sites is 1. The van der Waals surface area contributed by atoms with Crippen molar-refractivity contribution in [3.8, 4) is 0 Å². The third kappa shape index (κ3) is 3.58. The van der Waals surface area contributed by atoms with Gasteiger partial charge in [-0.2, -0.15) is 0 Å². The van der Waals surface area contributed by atoms with Gasteiger partial charge < -0.3 is 9.80 Å². The van der Waals surface area contributed by atoms with Crippen LogP contribution in [0.3, 0.4) is 0 Å². The highest BCUT2D eigenvalue weighted by atomic mass is 32.2. The number of sulfonamides is 1. The fourth-order valence-electron chi connectivity index (χ4n) is 2.78. The molecular formula is C17H19N3O3S. The Morgan fingerprint density at radius 3 is 2.00 bits per heavy atom. The molecule has 1 amide bonds. The summed E-state index contributed by atoms with van der Waals surface area (Å²) in [5.74, 6) is -0.0938. The summed E-state index contributed by atoms with van der Waals surface area (Å²) >= 11 is 0. The number of carbonyl (C=O) groups is 1. The number of anilines is 1. The number of rotatable bonds is 3. The Morgan fingerprint density at radius 1 is 0.875 bits per heavy atom. The lowest BCUT2D eigenvalue weighted by atomic mass is 10.1. The third-order valence-electron chi connectivity index (χ3n) is 4.12.